The molecule has 0 fully saturated rings. The summed E-state index contributed by atoms with van der Waals surface area (Å²) >= 11 is 0. The third kappa shape index (κ3) is 2.74. The molecular formula is C28H19O2S+. The van der Waals surface area contributed by atoms with E-state index in [1.165, 1.54) is 4.90 Å². The molecule has 1 aromatic heterocycles. The molecule has 0 aliphatic rings. The number of hydrogen-bond donors (Lipinski definition) is 0. The fraction of sp³-hybridized carbons (Fsp3) is 0.0357. The zero-order valence-electron chi connectivity index (χ0n) is 17.0. The molecule has 1 atom stereocenters. The van der Waals surface area contributed by atoms with Gasteiger partial charge in [0.15, 0.2) is 14.3 Å². The predicted octanol–water partition coefficient (Wildman–Crippen LogP) is 7.41. The quantitative estimate of drug-likeness (QED) is 0.166. The molecule has 0 aliphatic carbocycles. The van der Waals surface area contributed by atoms with E-state index in [2.05, 4.69) is 60.7 Å². The third-order valence-electron chi connectivity index (χ3n) is 5.95. The zero-order chi connectivity index (χ0) is 20.9. The molecule has 0 radical (unpaired) electrons. The summed E-state index contributed by atoms with van der Waals surface area (Å²) in [5.41, 5.74) is 0.116. The van der Waals surface area contributed by atoms with Crippen LogP contribution in [0, 0.1) is 0 Å². The largest absolute Gasteiger partial charge is 0.497 e. The standard InChI is InChI=1S/C28H19O2S/c1-30-21-11-13-22(14-12-21)31-25-15-10-18-6-4-5-9-23(18)27(25)28(29)24-16-19-7-2-3-8-20(19)17-26(24)31/h2-17H,1H3/q+1. The van der Waals surface area contributed by atoms with Gasteiger partial charge in [-0.05, 0) is 51.9 Å². The maximum atomic E-state index is 13.8. The van der Waals surface area contributed by atoms with Crippen molar-refractivity contribution in [3.8, 4) is 10.6 Å². The Kier molecular flexibility index (Phi) is 4.05. The molecule has 0 saturated carbocycles. The lowest BCUT2D eigenvalue weighted by molar-refractivity contribution is 0.415. The van der Waals surface area contributed by atoms with Crippen molar-refractivity contribution in [3.05, 3.63) is 107 Å². The van der Waals surface area contributed by atoms with Gasteiger partial charge in [-0.1, -0.05) is 48.5 Å². The molecule has 2 nitrogen and oxygen atoms in total. The van der Waals surface area contributed by atoms with Gasteiger partial charge in [-0.3, -0.25) is 4.79 Å². The van der Waals surface area contributed by atoms with Gasteiger partial charge in [-0.15, -0.1) is 0 Å². The van der Waals surface area contributed by atoms with Crippen molar-refractivity contribution in [1.82, 2.24) is 0 Å². The van der Waals surface area contributed by atoms with Crippen molar-refractivity contribution in [1.29, 1.82) is 0 Å². The van der Waals surface area contributed by atoms with Gasteiger partial charge in [0, 0.05) is 28.7 Å². The second-order valence-corrected chi connectivity index (χ2v) is 9.63. The van der Waals surface area contributed by atoms with Crippen LogP contribution >= 0.6 is 10.5 Å². The topological polar surface area (TPSA) is 26.3 Å². The van der Waals surface area contributed by atoms with Crippen LogP contribution in [0.3, 0.4) is 0 Å². The third-order valence-corrected chi connectivity index (χ3v) is 8.25. The van der Waals surface area contributed by atoms with Gasteiger partial charge in [0.1, 0.15) is 5.75 Å². The summed E-state index contributed by atoms with van der Waals surface area (Å²) in [6.07, 6.45) is 0. The maximum Gasteiger partial charge on any atom is 0.204 e. The van der Waals surface area contributed by atoms with Gasteiger partial charge in [-0.25, -0.2) is 0 Å². The van der Waals surface area contributed by atoms with Gasteiger partial charge in [-0.2, -0.15) is 0 Å². The van der Waals surface area contributed by atoms with Crippen LogP contribution in [0.1, 0.15) is 0 Å². The molecule has 1 unspecified atom stereocenters. The summed E-state index contributed by atoms with van der Waals surface area (Å²) in [4.78, 5) is 15.0. The normalized spacial score (nSPS) is 12.1. The van der Waals surface area contributed by atoms with Crippen LogP contribution in [0.15, 0.2) is 102 Å². The summed E-state index contributed by atoms with van der Waals surface area (Å²) in [5, 5.41) is 6.01. The number of ether oxygens (including phenoxy) is 1. The summed E-state index contributed by atoms with van der Waals surface area (Å²) in [7, 11) is 1.30. The Morgan fingerprint density at radius 1 is 0.645 bits per heavy atom. The van der Waals surface area contributed by atoms with Crippen molar-refractivity contribution in [3.63, 3.8) is 0 Å². The minimum atomic E-state index is -0.377. The number of fused-ring (bicyclic) bond motifs is 5. The number of rotatable bonds is 2. The van der Waals surface area contributed by atoms with Gasteiger partial charge in [0.2, 0.25) is 5.43 Å². The zero-order valence-corrected chi connectivity index (χ0v) is 17.8. The molecule has 31 heavy (non-hydrogen) atoms. The molecule has 0 spiro atoms. The fourth-order valence-electron chi connectivity index (χ4n) is 4.44. The Morgan fingerprint density at radius 3 is 2.06 bits per heavy atom. The smallest absolute Gasteiger partial charge is 0.204 e. The predicted molar refractivity (Wildman–Crippen MR) is 133 cm³/mol. The van der Waals surface area contributed by atoms with E-state index in [4.69, 9.17) is 4.74 Å². The minimum Gasteiger partial charge on any atom is -0.497 e. The molecule has 5 aromatic carbocycles. The van der Waals surface area contributed by atoms with E-state index < -0.39 is 0 Å². The van der Waals surface area contributed by atoms with E-state index in [0.29, 0.717) is 0 Å². The Hall–Kier alpha value is -3.69. The lowest BCUT2D eigenvalue weighted by atomic mass is 10.0. The van der Waals surface area contributed by atoms with Crippen LogP contribution < -0.4 is 10.2 Å². The highest BCUT2D eigenvalue weighted by Crippen LogP contribution is 2.45. The molecule has 1 heterocycles. The average molecular weight is 420 g/mol. The summed E-state index contributed by atoms with van der Waals surface area (Å²) in [6, 6.07) is 33.2. The van der Waals surface area contributed by atoms with E-state index in [1.54, 1.807) is 7.11 Å². The Morgan fingerprint density at radius 2 is 1.32 bits per heavy atom. The first-order chi connectivity index (χ1) is 15.2. The van der Waals surface area contributed by atoms with Crippen molar-refractivity contribution in [2.45, 2.75) is 0 Å². The number of methoxy groups -OCH3 is 1. The minimum absolute atomic E-state index is 0.116. The van der Waals surface area contributed by atoms with Gasteiger partial charge in [0.25, 0.3) is 0 Å². The summed E-state index contributed by atoms with van der Waals surface area (Å²) in [6.45, 7) is 0. The Bertz CT molecular complexity index is 1670. The van der Waals surface area contributed by atoms with Crippen molar-refractivity contribution in [2.75, 3.05) is 7.11 Å². The van der Waals surface area contributed by atoms with Crippen LogP contribution in [0.5, 0.6) is 5.75 Å². The van der Waals surface area contributed by atoms with Crippen molar-refractivity contribution in [2.24, 2.45) is 0 Å². The lowest BCUT2D eigenvalue weighted by Gasteiger charge is -2.08. The summed E-state index contributed by atoms with van der Waals surface area (Å²) < 4.78 is 7.57. The molecular weight excluding hydrogens is 400 g/mol. The Labute approximate surface area is 181 Å². The Balaban J connectivity index is 1.87. The molecule has 148 valence electrons. The number of benzene rings is 5. The molecule has 0 saturated heterocycles. The molecule has 0 amide bonds. The molecule has 6 aromatic rings. The molecule has 0 bridgehead atoms. The second-order valence-electron chi connectivity index (χ2n) is 7.67. The van der Waals surface area contributed by atoms with Crippen LogP contribution in [0.25, 0.3) is 46.6 Å². The van der Waals surface area contributed by atoms with E-state index in [9.17, 15) is 4.79 Å². The number of hydrogen-bond acceptors (Lipinski definition) is 2. The van der Waals surface area contributed by atoms with Gasteiger partial charge < -0.3 is 4.74 Å². The summed E-state index contributed by atoms with van der Waals surface area (Å²) in [5.74, 6) is 0.831. The van der Waals surface area contributed by atoms with Crippen LogP contribution in [-0.2, 0) is 0 Å². The van der Waals surface area contributed by atoms with E-state index in [1.807, 2.05) is 36.4 Å². The fourth-order valence-corrected chi connectivity index (χ4v) is 6.82. The van der Waals surface area contributed by atoms with E-state index in [-0.39, 0.29) is 15.9 Å². The van der Waals surface area contributed by atoms with Crippen molar-refractivity contribution >= 4 is 52.2 Å². The monoisotopic (exact) mass is 419 g/mol. The van der Waals surface area contributed by atoms with Gasteiger partial charge in [0.05, 0.1) is 17.9 Å². The van der Waals surface area contributed by atoms with Crippen LogP contribution in [-0.4, -0.2) is 7.11 Å². The van der Waals surface area contributed by atoms with Crippen LogP contribution in [0.4, 0.5) is 0 Å². The van der Waals surface area contributed by atoms with E-state index in [0.717, 1.165) is 47.5 Å². The lowest BCUT2D eigenvalue weighted by Crippen LogP contribution is -2.03. The second kappa shape index (κ2) is 6.93. The highest BCUT2D eigenvalue weighted by atomic mass is 32.2. The molecule has 0 N–H and O–H groups in total. The van der Waals surface area contributed by atoms with Gasteiger partial charge >= 0.3 is 0 Å². The first kappa shape index (κ1) is 18.1. The molecule has 0 aliphatic heterocycles. The first-order valence-electron chi connectivity index (χ1n) is 10.2. The van der Waals surface area contributed by atoms with Crippen molar-refractivity contribution < 1.29 is 4.74 Å². The highest BCUT2D eigenvalue weighted by Gasteiger charge is 2.25. The van der Waals surface area contributed by atoms with E-state index >= 15 is 0 Å². The van der Waals surface area contributed by atoms with Crippen LogP contribution in [0.2, 0.25) is 0 Å². The average Bonchev–Trinajstić information content (AvgIpc) is 2.83. The molecule has 3 heteroatoms. The SMILES string of the molecule is COc1ccc(-[s+]2c3cc4ccccc4cc3c(=O)c3c4ccccc4ccc32)cc1. The first-order valence-corrected chi connectivity index (χ1v) is 11.4. The maximum absolute atomic E-state index is 13.8. The molecule has 6 rings (SSSR count). The highest BCUT2D eigenvalue weighted by molar-refractivity contribution is 7.49.